The van der Waals surface area contributed by atoms with Crippen molar-refractivity contribution >= 4 is 33.1 Å². The summed E-state index contributed by atoms with van der Waals surface area (Å²) >= 11 is 1.69. The highest BCUT2D eigenvalue weighted by Gasteiger charge is 2.42. The molecule has 150 valence electrons. The van der Waals surface area contributed by atoms with Crippen LogP contribution < -0.4 is 4.90 Å². The number of aromatic nitrogens is 1. The molecule has 2 saturated heterocycles. The van der Waals surface area contributed by atoms with Crippen molar-refractivity contribution in [2.45, 2.75) is 31.7 Å². The van der Waals surface area contributed by atoms with Gasteiger partial charge in [0.05, 0.1) is 27.5 Å². The summed E-state index contributed by atoms with van der Waals surface area (Å²) in [6.45, 7) is 2.11. The molecule has 2 atom stereocenters. The van der Waals surface area contributed by atoms with Crippen LogP contribution in [0.3, 0.4) is 0 Å². The highest BCUT2D eigenvalue weighted by Crippen LogP contribution is 2.33. The molecular weight excluding hydrogens is 385 g/mol. The van der Waals surface area contributed by atoms with Gasteiger partial charge in [-0.15, -0.1) is 11.3 Å². The van der Waals surface area contributed by atoms with Gasteiger partial charge in [-0.2, -0.15) is 0 Å². The van der Waals surface area contributed by atoms with Crippen LogP contribution in [0.25, 0.3) is 10.2 Å². The Morgan fingerprint density at radius 2 is 2.03 bits per heavy atom. The zero-order valence-corrected chi connectivity index (χ0v) is 17.1. The van der Waals surface area contributed by atoms with Gasteiger partial charge in [-0.05, 0) is 49.4 Å². The van der Waals surface area contributed by atoms with Gasteiger partial charge in [-0.1, -0.05) is 24.3 Å². The van der Waals surface area contributed by atoms with E-state index in [4.69, 9.17) is 0 Å². The normalized spacial score (nSPS) is 21.8. The summed E-state index contributed by atoms with van der Waals surface area (Å²) in [5, 5.41) is 0. The molecule has 2 aliphatic heterocycles. The third-order valence-corrected chi connectivity index (χ3v) is 7.22. The lowest BCUT2D eigenvalue weighted by Crippen LogP contribution is -2.51. The van der Waals surface area contributed by atoms with Gasteiger partial charge < -0.3 is 9.80 Å². The van der Waals surface area contributed by atoms with Crippen molar-refractivity contribution in [3.8, 4) is 0 Å². The van der Waals surface area contributed by atoms with Crippen LogP contribution in [0.1, 0.15) is 24.8 Å². The lowest BCUT2D eigenvalue weighted by Gasteiger charge is -2.38. The topological polar surface area (TPSA) is 36.4 Å². The average Bonchev–Trinajstić information content (AvgIpc) is 3.33. The number of carbonyl (C=O) groups excluding carboxylic acids is 1. The van der Waals surface area contributed by atoms with Gasteiger partial charge in [0, 0.05) is 25.6 Å². The minimum absolute atomic E-state index is 0.0984. The molecule has 0 aliphatic carbocycles. The van der Waals surface area contributed by atoms with Gasteiger partial charge in [0.25, 0.3) is 0 Å². The van der Waals surface area contributed by atoms with Crippen molar-refractivity contribution in [2.75, 3.05) is 24.5 Å². The third kappa shape index (κ3) is 3.50. The fourth-order valence-electron chi connectivity index (χ4n) is 4.86. The Kier molecular flexibility index (Phi) is 4.96. The Bertz CT molecular complexity index is 1040. The zero-order chi connectivity index (χ0) is 19.8. The van der Waals surface area contributed by atoms with E-state index in [1.807, 2.05) is 22.5 Å². The quantitative estimate of drug-likeness (QED) is 0.623. The molecule has 0 radical (unpaired) electrons. The molecule has 0 spiro atoms. The van der Waals surface area contributed by atoms with E-state index >= 15 is 0 Å². The number of carbonyl (C=O) groups is 1. The van der Waals surface area contributed by atoms with Crippen LogP contribution in [0.4, 0.5) is 10.1 Å². The number of hydrogen-bond donors (Lipinski definition) is 0. The molecule has 1 amide bonds. The molecule has 4 nitrogen and oxygen atoms in total. The van der Waals surface area contributed by atoms with Crippen LogP contribution in [0, 0.1) is 11.7 Å². The molecular formula is C23H24FN3OS. The first-order valence-corrected chi connectivity index (χ1v) is 11.2. The minimum Gasteiger partial charge on any atom is -0.365 e. The van der Waals surface area contributed by atoms with Gasteiger partial charge in [-0.25, -0.2) is 9.37 Å². The summed E-state index contributed by atoms with van der Waals surface area (Å²) in [6, 6.07) is 13.4. The van der Waals surface area contributed by atoms with Crippen molar-refractivity contribution < 1.29 is 9.18 Å². The Morgan fingerprint density at radius 1 is 1.14 bits per heavy atom. The van der Waals surface area contributed by atoms with Gasteiger partial charge in [0.2, 0.25) is 5.91 Å². The number of rotatable bonds is 5. The van der Waals surface area contributed by atoms with E-state index in [1.165, 1.54) is 16.3 Å². The number of para-hydroxylation sites is 1. The van der Waals surface area contributed by atoms with Crippen LogP contribution in [0.5, 0.6) is 0 Å². The first-order valence-electron chi connectivity index (χ1n) is 10.3. The maximum Gasteiger partial charge on any atom is 0.226 e. The van der Waals surface area contributed by atoms with Crippen molar-refractivity contribution in [3.05, 3.63) is 59.4 Å². The van der Waals surface area contributed by atoms with Gasteiger partial charge >= 0.3 is 0 Å². The molecule has 6 heteroatoms. The number of fused-ring (bicyclic) bond motifs is 2. The molecule has 2 aliphatic rings. The second kappa shape index (κ2) is 7.75. The molecule has 5 rings (SSSR count). The number of halogens is 1. The molecule has 3 heterocycles. The van der Waals surface area contributed by atoms with Crippen LogP contribution in [0.15, 0.2) is 48.0 Å². The van der Waals surface area contributed by atoms with Crippen LogP contribution in [0.2, 0.25) is 0 Å². The van der Waals surface area contributed by atoms with Crippen molar-refractivity contribution in [3.63, 3.8) is 0 Å². The highest BCUT2D eigenvalue weighted by molar-refractivity contribution is 7.16. The largest absolute Gasteiger partial charge is 0.365 e. The van der Waals surface area contributed by atoms with E-state index < -0.39 is 0 Å². The Morgan fingerprint density at radius 3 is 2.93 bits per heavy atom. The molecule has 0 saturated carbocycles. The number of thiazole rings is 1. The van der Waals surface area contributed by atoms with Crippen LogP contribution in [-0.2, 0) is 11.2 Å². The van der Waals surface area contributed by atoms with Crippen molar-refractivity contribution in [1.29, 1.82) is 0 Å². The molecule has 0 bridgehead atoms. The maximum absolute atomic E-state index is 14.2. The summed E-state index contributed by atoms with van der Waals surface area (Å²) in [6.07, 6.45) is 3.79. The number of benzene rings is 2. The van der Waals surface area contributed by atoms with E-state index in [9.17, 15) is 9.18 Å². The van der Waals surface area contributed by atoms with Crippen LogP contribution in [-0.4, -0.2) is 41.5 Å². The standard InChI is InChI=1S/C23H24FN3OS/c24-19-8-1-2-10-21(19)26-11-12-27-18(14-26)13-17(23(27)28)7-3-5-16-6-4-9-20-22(16)29-15-25-20/h1-2,4,6,8-10,15,17-18H,3,5,7,11-14H2. The fourth-order valence-corrected chi connectivity index (χ4v) is 5.69. The fraction of sp³-hybridized carbons (Fsp3) is 0.391. The number of piperazine rings is 1. The Labute approximate surface area is 174 Å². The van der Waals surface area contributed by atoms with E-state index in [1.54, 1.807) is 17.4 Å². The Balaban J connectivity index is 1.21. The molecule has 2 unspecified atom stereocenters. The summed E-state index contributed by atoms with van der Waals surface area (Å²) in [7, 11) is 0. The summed E-state index contributed by atoms with van der Waals surface area (Å²) in [4.78, 5) is 21.4. The predicted octanol–water partition coefficient (Wildman–Crippen LogP) is 4.50. The number of anilines is 1. The molecule has 3 aromatic rings. The van der Waals surface area contributed by atoms with Crippen molar-refractivity contribution in [1.82, 2.24) is 9.88 Å². The van der Waals surface area contributed by atoms with Crippen molar-refractivity contribution in [2.24, 2.45) is 5.92 Å². The second-order valence-corrected chi connectivity index (χ2v) is 8.88. The van der Waals surface area contributed by atoms with Crippen LogP contribution >= 0.6 is 11.3 Å². The third-order valence-electron chi connectivity index (χ3n) is 6.30. The smallest absolute Gasteiger partial charge is 0.226 e. The zero-order valence-electron chi connectivity index (χ0n) is 16.3. The first kappa shape index (κ1) is 18.6. The van der Waals surface area contributed by atoms with Gasteiger partial charge in [-0.3, -0.25) is 4.79 Å². The second-order valence-electron chi connectivity index (χ2n) is 8.03. The SMILES string of the molecule is O=C1C(CCCc2cccc3ncsc23)CC2CN(c3ccccc3F)CCN12. The average molecular weight is 410 g/mol. The maximum atomic E-state index is 14.2. The molecule has 0 N–H and O–H groups in total. The number of nitrogens with zero attached hydrogens (tertiary/aromatic N) is 3. The minimum atomic E-state index is -0.181. The monoisotopic (exact) mass is 409 g/mol. The summed E-state index contributed by atoms with van der Waals surface area (Å²) in [5.74, 6) is 0.208. The van der Waals surface area contributed by atoms with Gasteiger partial charge in [0.1, 0.15) is 5.82 Å². The number of aryl methyl sites for hydroxylation is 1. The van der Waals surface area contributed by atoms with E-state index in [2.05, 4.69) is 28.1 Å². The summed E-state index contributed by atoms with van der Waals surface area (Å²) < 4.78 is 15.4. The lowest BCUT2D eigenvalue weighted by atomic mass is 9.96. The highest BCUT2D eigenvalue weighted by atomic mass is 32.1. The van der Waals surface area contributed by atoms with E-state index in [0.29, 0.717) is 24.7 Å². The molecule has 2 fully saturated rings. The summed E-state index contributed by atoms with van der Waals surface area (Å²) in [5.41, 5.74) is 4.95. The first-order chi connectivity index (χ1) is 14.2. The molecule has 2 aromatic carbocycles. The number of hydrogen-bond acceptors (Lipinski definition) is 4. The Hall–Kier alpha value is -2.47. The molecule has 1 aromatic heterocycles. The lowest BCUT2D eigenvalue weighted by molar-refractivity contribution is -0.132. The predicted molar refractivity (Wildman–Crippen MR) is 115 cm³/mol. The molecule has 29 heavy (non-hydrogen) atoms. The van der Waals surface area contributed by atoms with E-state index in [-0.39, 0.29) is 17.8 Å². The number of amides is 1. The van der Waals surface area contributed by atoms with E-state index in [0.717, 1.165) is 37.7 Å². The van der Waals surface area contributed by atoms with Gasteiger partial charge in [0.15, 0.2) is 0 Å².